The van der Waals surface area contributed by atoms with Crippen molar-refractivity contribution in [3.63, 3.8) is 0 Å². The molecule has 3 aromatic carbocycles. The molecule has 0 amide bonds. The molecule has 0 nitrogen and oxygen atoms in total. The molecule has 1 fully saturated rings. The van der Waals surface area contributed by atoms with Crippen LogP contribution >= 0.6 is 7.92 Å². The van der Waals surface area contributed by atoms with Crippen molar-refractivity contribution in [1.82, 2.24) is 0 Å². The van der Waals surface area contributed by atoms with Gasteiger partial charge in [0.15, 0.2) is 0 Å². The molecular formula is C23H23P. The van der Waals surface area contributed by atoms with Crippen LogP contribution in [-0.2, 0) is 0 Å². The largest absolute Gasteiger partial charge is 0.0622 e. The van der Waals surface area contributed by atoms with Crippen molar-refractivity contribution in [3.8, 4) is 0 Å². The number of rotatable bonds is 4. The van der Waals surface area contributed by atoms with E-state index in [1.54, 1.807) is 0 Å². The molecule has 24 heavy (non-hydrogen) atoms. The summed E-state index contributed by atoms with van der Waals surface area (Å²) >= 11 is 0. The van der Waals surface area contributed by atoms with Crippen LogP contribution in [0.3, 0.4) is 0 Å². The summed E-state index contributed by atoms with van der Waals surface area (Å²) in [6, 6.07) is 31.4. The van der Waals surface area contributed by atoms with Crippen molar-refractivity contribution in [2.75, 3.05) is 0 Å². The van der Waals surface area contributed by atoms with E-state index in [2.05, 4.69) is 84.9 Å². The van der Waals surface area contributed by atoms with Crippen LogP contribution in [0.15, 0.2) is 84.9 Å². The molecule has 0 aromatic heterocycles. The summed E-state index contributed by atoms with van der Waals surface area (Å²) < 4.78 is 0. The van der Waals surface area contributed by atoms with Gasteiger partial charge in [-0.1, -0.05) is 97.8 Å². The zero-order valence-electron chi connectivity index (χ0n) is 13.9. The Balaban J connectivity index is 1.71. The Labute approximate surface area is 146 Å². The van der Waals surface area contributed by atoms with Crippen molar-refractivity contribution in [1.29, 1.82) is 0 Å². The summed E-state index contributed by atoms with van der Waals surface area (Å²) in [5, 5.41) is 4.30. The number of benzene rings is 3. The van der Waals surface area contributed by atoms with Crippen LogP contribution in [0.5, 0.6) is 0 Å². The van der Waals surface area contributed by atoms with Crippen LogP contribution in [0.2, 0.25) is 0 Å². The molecule has 1 saturated carbocycles. The van der Waals surface area contributed by atoms with Gasteiger partial charge in [-0.25, -0.2) is 0 Å². The Hall–Kier alpha value is -1.91. The lowest BCUT2D eigenvalue weighted by Gasteiger charge is -2.20. The summed E-state index contributed by atoms with van der Waals surface area (Å²) in [5.74, 6) is 0.790. The third-order valence-corrected chi connectivity index (χ3v) is 7.45. The lowest BCUT2D eigenvalue weighted by Crippen LogP contribution is -2.20. The minimum Gasteiger partial charge on any atom is -0.0622 e. The standard InChI is InChI=1S/C23H23P/c1-3-11-21(12-4-1)24(22-13-5-2-6-14-22)23-17-15-20(16-18-23)19-9-7-8-10-19/h1-6,11-19H,7-10H2. The van der Waals surface area contributed by atoms with Crippen molar-refractivity contribution >= 4 is 23.8 Å². The second kappa shape index (κ2) is 7.32. The quantitative estimate of drug-likeness (QED) is 0.584. The first-order chi connectivity index (χ1) is 11.9. The Morgan fingerprint density at radius 2 is 1.00 bits per heavy atom. The number of hydrogen-bond donors (Lipinski definition) is 0. The zero-order valence-corrected chi connectivity index (χ0v) is 14.8. The van der Waals surface area contributed by atoms with E-state index in [0.717, 1.165) is 5.92 Å². The molecule has 1 aliphatic rings. The van der Waals surface area contributed by atoms with Gasteiger partial charge in [-0.3, -0.25) is 0 Å². The first kappa shape index (κ1) is 15.6. The molecule has 0 N–H and O–H groups in total. The fourth-order valence-corrected chi connectivity index (χ4v) is 6.04. The minimum atomic E-state index is -0.471. The van der Waals surface area contributed by atoms with Crippen molar-refractivity contribution in [3.05, 3.63) is 90.5 Å². The Morgan fingerprint density at radius 1 is 0.542 bits per heavy atom. The van der Waals surface area contributed by atoms with Crippen LogP contribution in [0.1, 0.15) is 37.2 Å². The van der Waals surface area contributed by atoms with Gasteiger partial charge in [-0.2, -0.15) is 0 Å². The van der Waals surface area contributed by atoms with Gasteiger partial charge in [0, 0.05) is 0 Å². The normalized spacial score (nSPS) is 15.0. The molecule has 1 heteroatoms. The second-order valence-electron chi connectivity index (χ2n) is 6.58. The van der Waals surface area contributed by atoms with Crippen LogP contribution in [0.25, 0.3) is 0 Å². The predicted octanol–water partition coefficient (Wildman–Crippen LogP) is 5.10. The molecule has 3 aromatic rings. The molecule has 4 rings (SSSR count). The topological polar surface area (TPSA) is 0 Å². The van der Waals surface area contributed by atoms with E-state index >= 15 is 0 Å². The number of hydrogen-bond acceptors (Lipinski definition) is 0. The highest BCUT2D eigenvalue weighted by Gasteiger charge is 2.19. The first-order valence-corrected chi connectivity index (χ1v) is 10.3. The lowest BCUT2D eigenvalue weighted by atomic mass is 9.98. The molecule has 1 aliphatic carbocycles. The molecule has 0 spiro atoms. The Kier molecular flexibility index (Phi) is 4.76. The Morgan fingerprint density at radius 3 is 1.50 bits per heavy atom. The van der Waals surface area contributed by atoms with Gasteiger partial charge in [-0.05, 0) is 48.2 Å². The molecule has 120 valence electrons. The van der Waals surface area contributed by atoms with Gasteiger partial charge in [0.1, 0.15) is 0 Å². The van der Waals surface area contributed by atoms with Gasteiger partial charge >= 0.3 is 0 Å². The van der Waals surface area contributed by atoms with E-state index in [1.165, 1.54) is 47.2 Å². The van der Waals surface area contributed by atoms with E-state index < -0.39 is 7.92 Å². The molecule has 0 aliphatic heterocycles. The fourth-order valence-electron chi connectivity index (χ4n) is 3.76. The molecule has 0 radical (unpaired) electrons. The fraction of sp³-hybridized carbons (Fsp3) is 0.217. The van der Waals surface area contributed by atoms with E-state index in [1.807, 2.05) is 0 Å². The van der Waals surface area contributed by atoms with Crippen LogP contribution in [0.4, 0.5) is 0 Å². The second-order valence-corrected chi connectivity index (χ2v) is 8.80. The molecule has 0 unspecified atom stereocenters. The summed E-state index contributed by atoms with van der Waals surface area (Å²) in [6.45, 7) is 0. The van der Waals surface area contributed by atoms with Crippen molar-refractivity contribution in [2.45, 2.75) is 31.6 Å². The lowest BCUT2D eigenvalue weighted by molar-refractivity contribution is 0.723. The van der Waals surface area contributed by atoms with Gasteiger partial charge in [0.2, 0.25) is 0 Å². The van der Waals surface area contributed by atoms with E-state index in [-0.39, 0.29) is 0 Å². The highest BCUT2D eigenvalue weighted by atomic mass is 31.1. The molecule has 0 atom stereocenters. The van der Waals surface area contributed by atoms with Gasteiger partial charge < -0.3 is 0 Å². The predicted molar refractivity (Wildman–Crippen MR) is 106 cm³/mol. The van der Waals surface area contributed by atoms with Crippen molar-refractivity contribution < 1.29 is 0 Å². The Bertz CT molecular complexity index is 717. The SMILES string of the molecule is c1ccc(P(c2ccccc2)c2ccc(C3CCCC3)cc2)cc1. The van der Waals surface area contributed by atoms with Gasteiger partial charge in [0.25, 0.3) is 0 Å². The van der Waals surface area contributed by atoms with Crippen LogP contribution < -0.4 is 15.9 Å². The monoisotopic (exact) mass is 330 g/mol. The van der Waals surface area contributed by atoms with Crippen molar-refractivity contribution in [2.24, 2.45) is 0 Å². The summed E-state index contributed by atoms with van der Waals surface area (Å²) in [4.78, 5) is 0. The third-order valence-electron chi connectivity index (χ3n) is 5.01. The molecule has 0 heterocycles. The van der Waals surface area contributed by atoms with Crippen LogP contribution in [-0.4, -0.2) is 0 Å². The van der Waals surface area contributed by atoms with Gasteiger partial charge in [-0.15, -0.1) is 0 Å². The van der Waals surface area contributed by atoms with Gasteiger partial charge in [0.05, 0.1) is 0 Å². The molecular weight excluding hydrogens is 307 g/mol. The van der Waals surface area contributed by atoms with E-state index in [0.29, 0.717) is 0 Å². The molecule has 0 saturated heterocycles. The van der Waals surface area contributed by atoms with Crippen LogP contribution in [0, 0.1) is 0 Å². The highest BCUT2D eigenvalue weighted by molar-refractivity contribution is 7.79. The maximum absolute atomic E-state index is 2.38. The maximum atomic E-state index is 2.38. The maximum Gasteiger partial charge on any atom is -0.0134 e. The smallest absolute Gasteiger partial charge is 0.0134 e. The average Bonchev–Trinajstić information content (AvgIpc) is 3.19. The average molecular weight is 330 g/mol. The minimum absolute atomic E-state index is 0.471. The first-order valence-electron chi connectivity index (χ1n) is 8.92. The molecule has 0 bridgehead atoms. The summed E-state index contributed by atoms with van der Waals surface area (Å²) in [7, 11) is -0.471. The zero-order chi connectivity index (χ0) is 16.2. The van der Waals surface area contributed by atoms with E-state index in [9.17, 15) is 0 Å². The highest BCUT2D eigenvalue weighted by Crippen LogP contribution is 2.36. The third kappa shape index (κ3) is 3.30. The van der Waals surface area contributed by atoms with E-state index in [4.69, 9.17) is 0 Å². The summed E-state index contributed by atoms with van der Waals surface area (Å²) in [5.41, 5.74) is 1.53. The summed E-state index contributed by atoms with van der Waals surface area (Å²) in [6.07, 6.45) is 5.53.